The average Bonchev–Trinajstić information content (AvgIpc) is 2.27. The van der Waals surface area contributed by atoms with E-state index in [9.17, 15) is 4.79 Å². The smallest absolute Gasteiger partial charge is 0.251 e. The predicted octanol–water partition coefficient (Wildman–Crippen LogP) is 2.95. The molecule has 1 saturated carbocycles. The number of amides is 1. The number of hydrogen-bond donors (Lipinski definition) is 2. The number of halogens is 1. The van der Waals surface area contributed by atoms with Crippen LogP contribution >= 0.6 is 15.9 Å². The molecule has 2 rings (SSSR count). The molecule has 0 radical (unpaired) electrons. The Morgan fingerprint density at radius 1 is 1.53 bits per heavy atom. The summed E-state index contributed by atoms with van der Waals surface area (Å²) in [5.41, 5.74) is 7.26. The predicted molar refractivity (Wildman–Crippen MR) is 72.8 cm³/mol. The highest BCUT2D eigenvalue weighted by molar-refractivity contribution is 9.10. The van der Waals surface area contributed by atoms with E-state index in [4.69, 9.17) is 5.73 Å². The van der Waals surface area contributed by atoms with Crippen molar-refractivity contribution in [3.8, 4) is 0 Å². The number of anilines is 1. The van der Waals surface area contributed by atoms with Crippen LogP contribution in [0.2, 0.25) is 0 Å². The fraction of sp³-hybridized carbons (Fsp3) is 0.462. The highest BCUT2D eigenvalue weighted by Gasteiger charge is 2.31. The summed E-state index contributed by atoms with van der Waals surface area (Å²) in [6.45, 7) is 2.97. The first-order valence-electron chi connectivity index (χ1n) is 5.83. The summed E-state index contributed by atoms with van der Waals surface area (Å²) in [7, 11) is 0. The van der Waals surface area contributed by atoms with Gasteiger partial charge in [-0.1, -0.05) is 13.3 Å². The SMILES string of the molecule is CC1(CNC(=O)c2ccc(Br)c(N)c2)CCC1. The number of nitrogens with two attached hydrogens (primary N) is 1. The molecule has 92 valence electrons. The molecular weight excluding hydrogens is 280 g/mol. The van der Waals surface area contributed by atoms with Gasteiger partial charge < -0.3 is 11.1 Å². The third kappa shape index (κ3) is 2.80. The maximum Gasteiger partial charge on any atom is 0.251 e. The summed E-state index contributed by atoms with van der Waals surface area (Å²) >= 11 is 3.31. The number of benzene rings is 1. The van der Waals surface area contributed by atoms with Crippen molar-refractivity contribution in [2.45, 2.75) is 26.2 Å². The topological polar surface area (TPSA) is 55.1 Å². The third-order valence-electron chi connectivity index (χ3n) is 3.49. The highest BCUT2D eigenvalue weighted by Crippen LogP contribution is 2.39. The summed E-state index contributed by atoms with van der Waals surface area (Å²) in [5.74, 6) is -0.0441. The summed E-state index contributed by atoms with van der Waals surface area (Å²) in [4.78, 5) is 11.9. The summed E-state index contributed by atoms with van der Waals surface area (Å²) in [6, 6.07) is 5.27. The van der Waals surface area contributed by atoms with Gasteiger partial charge in [0.15, 0.2) is 0 Å². The fourth-order valence-corrected chi connectivity index (χ4v) is 2.28. The van der Waals surface area contributed by atoms with Gasteiger partial charge in [0.05, 0.1) is 0 Å². The lowest BCUT2D eigenvalue weighted by Crippen LogP contribution is -2.39. The van der Waals surface area contributed by atoms with Gasteiger partial charge in [-0.25, -0.2) is 0 Å². The molecule has 0 heterocycles. The standard InChI is InChI=1S/C13H17BrN2O/c1-13(5-2-6-13)8-16-12(17)9-3-4-10(14)11(15)7-9/h3-4,7H,2,5-6,8,15H2,1H3,(H,16,17). The van der Waals surface area contributed by atoms with Crippen molar-refractivity contribution >= 4 is 27.5 Å². The van der Waals surface area contributed by atoms with Crippen LogP contribution in [0.1, 0.15) is 36.5 Å². The van der Waals surface area contributed by atoms with Crippen LogP contribution in [0.4, 0.5) is 5.69 Å². The van der Waals surface area contributed by atoms with Gasteiger partial charge in [0.25, 0.3) is 5.91 Å². The van der Waals surface area contributed by atoms with Gasteiger partial charge in [-0.05, 0) is 52.4 Å². The Kier molecular flexibility index (Phi) is 3.43. The van der Waals surface area contributed by atoms with E-state index in [0.29, 0.717) is 16.7 Å². The minimum atomic E-state index is -0.0441. The second-order valence-corrected chi connectivity index (χ2v) is 5.94. The van der Waals surface area contributed by atoms with E-state index in [0.717, 1.165) is 11.0 Å². The quantitative estimate of drug-likeness (QED) is 0.843. The molecule has 0 atom stereocenters. The van der Waals surface area contributed by atoms with E-state index in [-0.39, 0.29) is 5.91 Å². The number of nitrogen functional groups attached to an aromatic ring is 1. The minimum absolute atomic E-state index is 0.0441. The lowest BCUT2D eigenvalue weighted by molar-refractivity contribution is 0.0891. The molecular formula is C13H17BrN2O. The van der Waals surface area contributed by atoms with Crippen molar-refractivity contribution in [3.63, 3.8) is 0 Å². The van der Waals surface area contributed by atoms with Gasteiger partial charge in [-0.3, -0.25) is 4.79 Å². The van der Waals surface area contributed by atoms with Gasteiger partial charge in [0.2, 0.25) is 0 Å². The lowest BCUT2D eigenvalue weighted by atomic mass is 9.70. The fourth-order valence-electron chi connectivity index (χ4n) is 2.04. The third-order valence-corrected chi connectivity index (χ3v) is 4.22. The summed E-state index contributed by atoms with van der Waals surface area (Å²) in [5, 5.41) is 2.98. The van der Waals surface area contributed by atoms with Gasteiger partial charge in [-0.2, -0.15) is 0 Å². The summed E-state index contributed by atoms with van der Waals surface area (Å²) in [6.07, 6.45) is 3.68. The van der Waals surface area contributed by atoms with Crippen molar-refractivity contribution in [1.29, 1.82) is 0 Å². The summed E-state index contributed by atoms with van der Waals surface area (Å²) < 4.78 is 0.819. The minimum Gasteiger partial charge on any atom is -0.398 e. The van der Waals surface area contributed by atoms with Gasteiger partial charge in [0, 0.05) is 22.3 Å². The Hall–Kier alpha value is -1.03. The monoisotopic (exact) mass is 296 g/mol. The largest absolute Gasteiger partial charge is 0.398 e. The van der Waals surface area contributed by atoms with Crippen LogP contribution in [-0.4, -0.2) is 12.5 Å². The average molecular weight is 297 g/mol. The molecule has 0 aromatic heterocycles. The molecule has 0 spiro atoms. The van der Waals surface area contributed by atoms with Crippen LogP contribution in [0.25, 0.3) is 0 Å². The molecule has 17 heavy (non-hydrogen) atoms. The van der Waals surface area contributed by atoms with Gasteiger partial charge >= 0.3 is 0 Å². The van der Waals surface area contributed by atoms with E-state index in [1.165, 1.54) is 19.3 Å². The van der Waals surface area contributed by atoms with Crippen molar-refractivity contribution in [2.24, 2.45) is 5.41 Å². The maximum atomic E-state index is 11.9. The zero-order valence-electron chi connectivity index (χ0n) is 9.92. The molecule has 1 amide bonds. The number of carbonyl (C=O) groups is 1. The van der Waals surface area contributed by atoms with E-state index >= 15 is 0 Å². The van der Waals surface area contributed by atoms with Crippen molar-refractivity contribution < 1.29 is 4.79 Å². The van der Waals surface area contributed by atoms with Crippen LogP contribution in [0, 0.1) is 5.41 Å². The number of nitrogens with one attached hydrogen (secondary N) is 1. The lowest BCUT2D eigenvalue weighted by Gasteiger charge is -2.38. The van der Waals surface area contributed by atoms with Gasteiger partial charge in [-0.15, -0.1) is 0 Å². The molecule has 0 bridgehead atoms. The van der Waals surface area contributed by atoms with Crippen molar-refractivity contribution in [1.82, 2.24) is 5.32 Å². The van der Waals surface area contributed by atoms with Crippen LogP contribution < -0.4 is 11.1 Å². The molecule has 3 nitrogen and oxygen atoms in total. The molecule has 1 aromatic rings. The number of rotatable bonds is 3. The zero-order valence-corrected chi connectivity index (χ0v) is 11.5. The molecule has 1 fully saturated rings. The molecule has 1 aliphatic rings. The van der Waals surface area contributed by atoms with E-state index in [1.54, 1.807) is 18.2 Å². The maximum absolute atomic E-state index is 11.9. The normalized spacial score (nSPS) is 17.3. The second-order valence-electron chi connectivity index (χ2n) is 5.08. The molecule has 1 aromatic carbocycles. The zero-order chi connectivity index (χ0) is 12.5. The van der Waals surface area contributed by atoms with E-state index in [2.05, 4.69) is 28.2 Å². The van der Waals surface area contributed by atoms with Crippen LogP contribution in [0.15, 0.2) is 22.7 Å². The molecule has 0 saturated heterocycles. The van der Waals surface area contributed by atoms with Crippen LogP contribution in [0.3, 0.4) is 0 Å². The number of carbonyl (C=O) groups excluding carboxylic acids is 1. The molecule has 4 heteroatoms. The Balaban J connectivity index is 1.97. The Morgan fingerprint density at radius 3 is 2.76 bits per heavy atom. The Morgan fingerprint density at radius 2 is 2.24 bits per heavy atom. The molecule has 0 aliphatic heterocycles. The first kappa shape index (κ1) is 12.4. The first-order chi connectivity index (χ1) is 8.00. The highest BCUT2D eigenvalue weighted by atomic mass is 79.9. The van der Waals surface area contributed by atoms with E-state index in [1.807, 2.05) is 0 Å². The molecule has 0 unspecified atom stereocenters. The number of hydrogen-bond acceptors (Lipinski definition) is 2. The van der Waals surface area contributed by atoms with Crippen LogP contribution in [-0.2, 0) is 0 Å². The Labute approximate surface area is 110 Å². The molecule has 1 aliphatic carbocycles. The van der Waals surface area contributed by atoms with Crippen LogP contribution in [0.5, 0.6) is 0 Å². The van der Waals surface area contributed by atoms with Crippen molar-refractivity contribution in [3.05, 3.63) is 28.2 Å². The first-order valence-corrected chi connectivity index (χ1v) is 6.63. The van der Waals surface area contributed by atoms with Crippen molar-refractivity contribution in [2.75, 3.05) is 12.3 Å². The Bertz CT molecular complexity index is 441. The van der Waals surface area contributed by atoms with E-state index < -0.39 is 0 Å². The second kappa shape index (κ2) is 4.69. The van der Waals surface area contributed by atoms with Gasteiger partial charge in [0.1, 0.15) is 0 Å². The molecule has 3 N–H and O–H groups in total.